The number of carbonyl (C=O) groups excluding carboxylic acids is 1. The molecule has 2 unspecified atom stereocenters. The van der Waals surface area contributed by atoms with Crippen molar-refractivity contribution < 1.29 is 4.79 Å². The number of nitrogens with zero attached hydrogens (tertiary/aromatic N) is 5. The van der Waals surface area contributed by atoms with Gasteiger partial charge in [-0.3, -0.25) is 9.69 Å². The van der Waals surface area contributed by atoms with Crippen LogP contribution in [0.2, 0.25) is 0 Å². The van der Waals surface area contributed by atoms with Crippen LogP contribution in [0, 0.1) is 28.7 Å². The molecule has 3 rings (SSSR count). The molecule has 3 fully saturated rings. The molecule has 0 aromatic carbocycles. The van der Waals surface area contributed by atoms with Crippen molar-refractivity contribution in [2.75, 3.05) is 45.8 Å². The second kappa shape index (κ2) is 8.51. The largest absolute Gasteiger partial charge is 0.326 e. The first-order valence-electron chi connectivity index (χ1n) is 9.49. The van der Waals surface area contributed by atoms with E-state index in [0.29, 0.717) is 18.5 Å². The van der Waals surface area contributed by atoms with E-state index in [2.05, 4.69) is 22.5 Å². The van der Waals surface area contributed by atoms with Crippen molar-refractivity contribution in [2.45, 2.75) is 44.2 Å². The molecule has 2 aliphatic heterocycles. The van der Waals surface area contributed by atoms with Crippen LogP contribution in [0.25, 0.3) is 0 Å². The van der Waals surface area contributed by atoms with E-state index in [-0.39, 0.29) is 11.9 Å². The lowest BCUT2D eigenvalue weighted by Gasteiger charge is -2.33. The van der Waals surface area contributed by atoms with Crippen LogP contribution < -0.4 is 5.32 Å². The average molecular weight is 344 g/mol. The van der Waals surface area contributed by atoms with Crippen LogP contribution in [0.5, 0.6) is 0 Å². The summed E-state index contributed by atoms with van der Waals surface area (Å²) in [7, 11) is 0. The lowest BCUT2D eigenvalue weighted by Crippen LogP contribution is -2.46. The number of hydrogen-bond acceptors (Lipinski definition) is 6. The van der Waals surface area contributed by atoms with Gasteiger partial charge in [0.1, 0.15) is 6.04 Å². The Balaban J connectivity index is 1.35. The van der Waals surface area contributed by atoms with Gasteiger partial charge in [0.25, 0.3) is 0 Å². The van der Waals surface area contributed by atoms with Crippen LogP contribution in [0.15, 0.2) is 0 Å². The monoisotopic (exact) mass is 344 g/mol. The summed E-state index contributed by atoms with van der Waals surface area (Å²) >= 11 is 0. The standard InChI is InChI=1S/C18H28N6O/c19-11-17-2-1-5-24(17)18(25)12-21-16-4-3-15(10-16)13-22-6-8-23(14-20)9-7-22/h15-17,21H,1-10,12-13H2/t15?,16?,17-/m0/s1. The summed E-state index contributed by atoms with van der Waals surface area (Å²) in [5, 5.41) is 21.4. The molecule has 25 heavy (non-hydrogen) atoms. The zero-order valence-electron chi connectivity index (χ0n) is 14.9. The van der Waals surface area contributed by atoms with Crippen LogP contribution in [-0.4, -0.2) is 78.5 Å². The van der Waals surface area contributed by atoms with Crippen molar-refractivity contribution in [3.63, 3.8) is 0 Å². The number of likely N-dealkylation sites (tertiary alicyclic amines) is 1. The van der Waals surface area contributed by atoms with Gasteiger partial charge in [0.05, 0.1) is 12.6 Å². The van der Waals surface area contributed by atoms with Crippen LogP contribution in [0.4, 0.5) is 0 Å². The molecule has 1 aliphatic carbocycles. The topological polar surface area (TPSA) is 86.4 Å². The molecule has 136 valence electrons. The maximum absolute atomic E-state index is 12.3. The predicted octanol–water partition coefficient (Wildman–Crippen LogP) is 0.358. The maximum atomic E-state index is 12.3. The normalized spacial score (nSPS) is 30.2. The second-order valence-electron chi connectivity index (χ2n) is 7.52. The third-order valence-electron chi connectivity index (χ3n) is 5.84. The quantitative estimate of drug-likeness (QED) is 0.725. The summed E-state index contributed by atoms with van der Waals surface area (Å²) in [5.41, 5.74) is 0. The first kappa shape index (κ1) is 18.0. The molecule has 0 spiro atoms. The molecule has 3 aliphatic rings. The number of rotatable bonds is 5. The van der Waals surface area contributed by atoms with Crippen LogP contribution >= 0.6 is 0 Å². The fraction of sp³-hybridized carbons (Fsp3) is 0.833. The highest BCUT2D eigenvalue weighted by Gasteiger charge is 2.30. The van der Waals surface area contributed by atoms with E-state index in [1.807, 2.05) is 4.90 Å². The maximum Gasteiger partial charge on any atom is 0.237 e. The highest BCUT2D eigenvalue weighted by molar-refractivity contribution is 5.79. The van der Waals surface area contributed by atoms with Gasteiger partial charge in [0, 0.05) is 45.3 Å². The minimum Gasteiger partial charge on any atom is -0.326 e. The van der Waals surface area contributed by atoms with Crippen molar-refractivity contribution in [1.29, 1.82) is 10.5 Å². The number of nitriles is 2. The van der Waals surface area contributed by atoms with Gasteiger partial charge >= 0.3 is 0 Å². The molecule has 0 bridgehead atoms. The molecular weight excluding hydrogens is 316 g/mol. The summed E-state index contributed by atoms with van der Waals surface area (Å²) in [5.74, 6) is 0.750. The summed E-state index contributed by atoms with van der Waals surface area (Å²) in [6.07, 6.45) is 7.42. The number of amides is 1. The minimum absolute atomic E-state index is 0.0696. The van der Waals surface area contributed by atoms with Gasteiger partial charge in [-0.25, -0.2) is 0 Å². The van der Waals surface area contributed by atoms with Crippen LogP contribution in [-0.2, 0) is 4.79 Å². The van der Waals surface area contributed by atoms with Crippen molar-refractivity contribution >= 4 is 5.91 Å². The van der Waals surface area contributed by atoms with E-state index in [1.165, 1.54) is 6.42 Å². The Morgan fingerprint density at radius 1 is 1.08 bits per heavy atom. The average Bonchev–Trinajstić information content (AvgIpc) is 3.29. The molecule has 1 saturated carbocycles. The van der Waals surface area contributed by atoms with E-state index >= 15 is 0 Å². The SMILES string of the molecule is N#C[C@@H]1CCCN1C(=O)CNC1CCC(CN2CCN(C#N)CC2)C1. The molecule has 1 amide bonds. The third-order valence-corrected chi connectivity index (χ3v) is 5.84. The van der Waals surface area contributed by atoms with Gasteiger partial charge in [0.15, 0.2) is 6.19 Å². The lowest BCUT2D eigenvalue weighted by atomic mass is 10.1. The third kappa shape index (κ3) is 4.62. The van der Waals surface area contributed by atoms with Gasteiger partial charge in [-0.2, -0.15) is 10.5 Å². The van der Waals surface area contributed by atoms with E-state index < -0.39 is 0 Å². The van der Waals surface area contributed by atoms with Crippen molar-refractivity contribution in [1.82, 2.24) is 20.0 Å². The molecule has 0 radical (unpaired) electrons. The Kier molecular flexibility index (Phi) is 6.12. The number of nitrogens with one attached hydrogen (secondary N) is 1. The predicted molar refractivity (Wildman–Crippen MR) is 93.1 cm³/mol. The molecular formula is C18H28N6O. The number of piperazine rings is 1. The van der Waals surface area contributed by atoms with Crippen LogP contribution in [0.1, 0.15) is 32.1 Å². The van der Waals surface area contributed by atoms with Gasteiger partial charge in [-0.1, -0.05) is 0 Å². The first-order chi connectivity index (χ1) is 12.2. The Morgan fingerprint density at radius 2 is 1.88 bits per heavy atom. The van der Waals surface area contributed by atoms with E-state index in [1.54, 1.807) is 4.90 Å². The fourth-order valence-electron chi connectivity index (χ4n) is 4.35. The molecule has 2 saturated heterocycles. The Bertz CT molecular complexity index is 545. The van der Waals surface area contributed by atoms with Crippen molar-refractivity contribution in [3.05, 3.63) is 0 Å². The smallest absolute Gasteiger partial charge is 0.237 e. The number of carbonyl (C=O) groups is 1. The van der Waals surface area contributed by atoms with Gasteiger partial charge in [0.2, 0.25) is 5.91 Å². The molecule has 7 nitrogen and oxygen atoms in total. The molecule has 7 heteroatoms. The summed E-state index contributed by atoms with van der Waals surface area (Å²) in [6, 6.07) is 2.42. The van der Waals surface area contributed by atoms with E-state index in [4.69, 9.17) is 10.5 Å². The first-order valence-corrected chi connectivity index (χ1v) is 9.49. The van der Waals surface area contributed by atoms with E-state index in [9.17, 15) is 4.79 Å². The molecule has 0 aromatic heterocycles. The van der Waals surface area contributed by atoms with Crippen molar-refractivity contribution in [2.24, 2.45) is 5.92 Å². The number of hydrogen-bond donors (Lipinski definition) is 1. The van der Waals surface area contributed by atoms with Gasteiger partial charge in [-0.05, 0) is 38.0 Å². The molecule has 2 heterocycles. The fourth-order valence-corrected chi connectivity index (χ4v) is 4.35. The Hall–Kier alpha value is -1.83. The van der Waals surface area contributed by atoms with E-state index in [0.717, 1.165) is 65.0 Å². The van der Waals surface area contributed by atoms with Crippen molar-refractivity contribution in [3.8, 4) is 12.3 Å². The Labute approximate surface area is 150 Å². The van der Waals surface area contributed by atoms with Gasteiger partial charge in [-0.15, -0.1) is 0 Å². The van der Waals surface area contributed by atoms with Gasteiger partial charge < -0.3 is 15.1 Å². The summed E-state index contributed by atoms with van der Waals surface area (Å²) in [6.45, 7) is 5.83. The highest BCUT2D eigenvalue weighted by atomic mass is 16.2. The summed E-state index contributed by atoms with van der Waals surface area (Å²) in [4.78, 5) is 18.3. The lowest BCUT2D eigenvalue weighted by molar-refractivity contribution is -0.130. The summed E-state index contributed by atoms with van der Waals surface area (Å²) < 4.78 is 0. The Morgan fingerprint density at radius 3 is 2.60 bits per heavy atom. The zero-order chi connectivity index (χ0) is 17.6. The van der Waals surface area contributed by atoms with Crippen LogP contribution in [0.3, 0.4) is 0 Å². The highest BCUT2D eigenvalue weighted by Crippen LogP contribution is 2.27. The zero-order valence-corrected chi connectivity index (χ0v) is 14.9. The molecule has 3 atom stereocenters. The molecule has 0 aromatic rings. The minimum atomic E-state index is -0.224. The molecule has 1 N–H and O–H groups in total. The second-order valence-corrected chi connectivity index (χ2v) is 7.52.